The van der Waals surface area contributed by atoms with Gasteiger partial charge in [0.2, 0.25) is 5.91 Å². The molecule has 6 heteroatoms. The molecule has 3 heterocycles. The molecule has 1 N–H and O–H groups in total. The van der Waals surface area contributed by atoms with Crippen molar-refractivity contribution in [3.8, 4) is 5.82 Å². The third-order valence-corrected chi connectivity index (χ3v) is 4.91. The van der Waals surface area contributed by atoms with E-state index in [1.807, 2.05) is 31.2 Å². The molecule has 0 saturated carbocycles. The van der Waals surface area contributed by atoms with Crippen LogP contribution in [0.2, 0.25) is 0 Å². The van der Waals surface area contributed by atoms with Crippen molar-refractivity contribution in [3.63, 3.8) is 0 Å². The molecule has 0 fully saturated rings. The summed E-state index contributed by atoms with van der Waals surface area (Å²) in [4.78, 5) is 21.8. The Balaban J connectivity index is 1.77. The van der Waals surface area contributed by atoms with Gasteiger partial charge in [-0.1, -0.05) is 26.0 Å². The lowest BCUT2D eigenvalue weighted by Gasteiger charge is -2.12. The molecule has 0 spiro atoms. The van der Waals surface area contributed by atoms with E-state index < -0.39 is 0 Å². The molecule has 0 aliphatic carbocycles. The molecule has 1 unspecified atom stereocenters. The van der Waals surface area contributed by atoms with Crippen molar-refractivity contribution < 1.29 is 4.79 Å². The first-order chi connectivity index (χ1) is 12.9. The molecule has 138 valence electrons. The Labute approximate surface area is 158 Å². The van der Waals surface area contributed by atoms with Gasteiger partial charge in [-0.05, 0) is 48.7 Å². The van der Waals surface area contributed by atoms with E-state index >= 15 is 0 Å². The third kappa shape index (κ3) is 3.12. The minimum atomic E-state index is -0.271. The molecule has 2 aromatic heterocycles. The van der Waals surface area contributed by atoms with E-state index in [4.69, 9.17) is 4.98 Å². The summed E-state index contributed by atoms with van der Waals surface area (Å²) in [6.45, 7) is 8.22. The van der Waals surface area contributed by atoms with E-state index in [9.17, 15) is 4.79 Å². The lowest BCUT2D eigenvalue weighted by molar-refractivity contribution is -0.117. The van der Waals surface area contributed by atoms with Gasteiger partial charge < -0.3 is 5.32 Å². The molecular formula is C21H23N5O. The number of nitrogens with zero attached hydrogens (tertiary/aromatic N) is 4. The SMILES string of the molecule is Cc1cc(C)c2c(c1)NC(=O)C2Cc1nc(C(C)C)nn1-c1ccccn1. The second-order valence-corrected chi connectivity index (χ2v) is 7.43. The summed E-state index contributed by atoms with van der Waals surface area (Å²) in [7, 11) is 0. The van der Waals surface area contributed by atoms with Crippen LogP contribution >= 0.6 is 0 Å². The molecule has 1 aliphatic heterocycles. The molecule has 1 amide bonds. The first kappa shape index (κ1) is 17.4. The van der Waals surface area contributed by atoms with Crippen molar-refractivity contribution in [2.24, 2.45) is 0 Å². The Morgan fingerprint density at radius 2 is 2.04 bits per heavy atom. The monoisotopic (exact) mass is 361 g/mol. The highest BCUT2D eigenvalue weighted by Gasteiger charge is 2.34. The number of carbonyl (C=O) groups is 1. The van der Waals surface area contributed by atoms with E-state index in [-0.39, 0.29) is 17.7 Å². The van der Waals surface area contributed by atoms with Crippen LogP contribution in [0.4, 0.5) is 5.69 Å². The molecule has 3 aromatic rings. The van der Waals surface area contributed by atoms with Crippen LogP contribution < -0.4 is 5.32 Å². The maximum atomic E-state index is 12.7. The lowest BCUT2D eigenvalue weighted by atomic mass is 9.92. The van der Waals surface area contributed by atoms with E-state index in [2.05, 4.69) is 42.2 Å². The standard InChI is InChI=1S/C21H23N5O/c1-12(2)20-24-18(26(25-20)17-7-5-6-8-22-17)11-15-19-14(4)9-13(3)10-16(19)23-21(15)27/h5-10,12,15H,11H2,1-4H3,(H,23,27). The highest BCUT2D eigenvalue weighted by molar-refractivity contribution is 6.03. The fourth-order valence-electron chi connectivity index (χ4n) is 3.67. The molecule has 6 nitrogen and oxygen atoms in total. The quantitative estimate of drug-likeness (QED) is 0.769. The molecule has 27 heavy (non-hydrogen) atoms. The van der Waals surface area contributed by atoms with Gasteiger partial charge in [-0.25, -0.2) is 9.97 Å². The topological polar surface area (TPSA) is 72.7 Å². The summed E-state index contributed by atoms with van der Waals surface area (Å²) >= 11 is 0. The number of amides is 1. The Morgan fingerprint density at radius 1 is 1.22 bits per heavy atom. The smallest absolute Gasteiger partial charge is 0.232 e. The van der Waals surface area contributed by atoms with Gasteiger partial charge in [-0.15, -0.1) is 5.10 Å². The van der Waals surface area contributed by atoms with Gasteiger partial charge in [0.1, 0.15) is 5.82 Å². The van der Waals surface area contributed by atoms with E-state index in [1.165, 1.54) is 0 Å². The number of nitrogens with one attached hydrogen (secondary N) is 1. The second-order valence-electron chi connectivity index (χ2n) is 7.43. The predicted octanol–water partition coefficient (Wildman–Crippen LogP) is 3.68. The van der Waals surface area contributed by atoms with Gasteiger partial charge in [0.25, 0.3) is 0 Å². The van der Waals surface area contributed by atoms with Crippen molar-refractivity contribution in [1.29, 1.82) is 0 Å². The average molecular weight is 361 g/mol. The number of anilines is 1. The zero-order chi connectivity index (χ0) is 19.1. The number of fused-ring (bicyclic) bond motifs is 1. The minimum absolute atomic E-state index is 0.0142. The van der Waals surface area contributed by atoms with Gasteiger partial charge in [0.05, 0.1) is 5.92 Å². The molecule has 4 rings (SSSR count). The highest BCUT2D eigenvalue weighted by atomic mass is 16.2. The van der Waals surface area contributed by atoms with E-state index in [0.717, 1.165) is 34.0 Å². The van der Waals surface area contributed by atoms with Gasteiger partial charge in [-0.2, -0.15) is 4.68 Å². The normalized spacial score (nSPS) is 15.9. The molecule has 1 atom stereocenters. The lowest BCUT2D eigenvalue weighted by Crippen LogP contribution is -2.17. The maximum absolute atomic E-state index is 12.7. The zero-order valence-electron chi connectivity index (χ0n) is 16.0. The minimum Gasteiger partial charge on any atom is -0.325 e. The van der Waals surface area contributed by atoms with Crippen LogP contribution in [0.1, 0.15) is 54.0 Å². The number of aryl methyl sites for hydroxylation is 2. The Bertz CT molecular complexity index is 1010. The first-order valence-corrected chi connectivity index (χ1v) is 9.23. The molecule has 0 saturated heterocycles. The number of carbonyl (C=O) groups excluding carboxylic acids is 1. The van der Waals surface area contributed by atoms with Gasteiger partial charge >= 0.3 is 0 Å². The zero-order valence-corrected chi connectivity index (χ0v) is 16.0. The number of benzene rings is 1. The summed E-state index contributed by atoms with van der Waals surface area (Å²) in [6.07, 6.45) is 2.22. The molecule has 1 aromatic carbocycles. The van der Waals surface area contributed by atoms with Crippen molar-refractivity contribution >= 4 is 11.6 Å². The summed E-state index contributed by atoms with van der Waals surface area (Å²) in [5, 5.41) is 7.68. The Kier molecular flexibility index (Phi) is 4.26. The molecule has 0 bridgehead atoms. The van der Waals surface area contributed by atoms with Crippen molar-refractivity contribution in [1.82, 2.24) is 19.7 Å². The number of rotatable bonds is 4. The summed E-state index contributed by atoms with van der Waals surface area (Å²) in [5.74, 6) is 2.17. The summed E-state index contributed by atoms with van der Waals surface area (Å²) in [5.41, 5.74) is 4.25. The number of pyridine rings is 1. The van der Waals surface area contributed by atoms with Gasteiger partial charge in [0, 0.05) is 24.2 Å². The fraction of sp³-hybridized carbons (Fsp3) is 0.333. The average Bonchev–Trinajstić information content (AvgIpc) is 3.18. The van der Waals surface area contributed by atoms with Crippen molar-refractivity contribution in [2.45, 2.75) is 46.0 Å². The highest BCUT2D eigenvalue weighted by Crippen LogP contribution is 2.38. The van der Waals surface area contributed by atoms with Crippen LogP contribution in [0.3, 0.4) is 0 Å². The summed E-state index contributed by atoms with van der Waals surface area (Å²) in [6, 6.07) is 9.85. The van der Waals surface area contributed by atoms with Crippen molar-refractivity contribution in [3.05, 3.63) is 64.9 Å². The van der Waals surface area contributed by atoms with Crippen LogP contribution in [-0.4, -0.2) is 25.7 Å². The third-order valence-electron chi connectivity index (χ3n) is 4.91. The predicted molar refractivity (Wildman–Crippen MR) is 104 cm³/mol. The van der Waals surface area contributed by atoms with Crippen molar-refractivity contribution in [2.75, 3.05) is 5.32 Å². The second kappa shape index (κ2) is 6.61. The molecular weight excluding hydrogens is 338 g/mol. The van der Waals surface area contributed by atoms with Gasteiger partial charge in [-0.3, -0.25) is 4.79 Å². The Hall–Kier alpha value is -3.02. The van der Waals surface area contributed by atoms with Crippen LogP contribution in [-0.2, 0) is 11.2 Å². The maximum Gasteiger partial charge on any atom is 0.232 e. The number of hydrogen-bond acceptors (Lipinski definition) is 4. The van der Waals surface area contributed by atoms with E-state index in [0.29, 0.717) is 12.2 Å². The first-order valence-electron chi connectivity index (χ1n) is 9.23. The fourth-order valence-corrected chi connectivity index (χ4v) is 3.67. The molecule has 0 radical (unpaired) electrons. The van der Waals surface area contributed by atoms with Crippen LogP contribution in [0.25, 0.3) is 5.82 Å². The number of aromatic nitrogens is 4. The van der Waals surface area contributed by atoms with Gasteiger partial charge in [0.15, 0.2) is 11.6 Å². The molecule has 1 aliphatic rings. The number of hydrogen-bond donors (Lipinski definition) is 1. The Morgan fingerprint density at radius 3 is 2.74 bits per heavy atom. The largest absolute Gasteiger partial charge is 0.325 e. The summed E-state index contributed by atoms with van der Waals surface area (Å²) < 4.78 is 1.77. The van der Waals surface area contributed by atoms with Crippen LogP contribution in [0, 0.1) is 13.8 Å². The van der Waals surface area contributed by atoms with Crippen LogP contribution in [0.15, 0.2) is 36.5 Å². The van der Waals surface area contributed by atoms with E-state index in [1.54, 1.807) is 10.9 Å². The van der Waals surface area contributed by atoms with Crippen LogP contribution in [0.5, 0.6) is 0 Å².